The fourth-order valence-electron chi connectivity index (χ4n) is 11.1. The number of unbranched alkanes of at least 4 members (excludes halogenated alkanes) is 1. The summed E-state index contributed by atoms with van der Waals surface area (Å²) in [7, 11) is 0. The zero-order chi connectivity index (χ0) is 52.3. The van der Waals surface area contributed by atoms with Crippen molar-refractivity contribution in [1.82, 2.24) is 10.6 Å². The number of Topliss-reactive ketones (excluding diaryl/α,β-unsaturated/α-hetero) is 1. The van der Waals surface area contributed by atoms with Crippen LogP contribution in [0.1, 0.15) is 106 Å². The Kier molecular flexibility index (Phi) is 15.4. The molecule has 2 bridgehead atoms. The number of aliphatic hydroxyl groups is 2. The Bertz CT molecular complexity index is 2610. The summed E-state index contributed by atoms with van der Waals surface area (Å²) >= 11 is 0. The molecular formula is C53H60N2O17. The molecule has 2 amide bonds. The first kappa shape index (κ1) is 52.9. The van der Waals surface area contributed by atoms with E-state index in [0.717, 1.165) is 13.8 Å². The number of carbonyl (C=O) groups excluding carboxylic acids is 7. The van der Waals surface area contributed by atoms with E-state index in [1.54, 1.807) is 78.9 Å². The fourth-order valence-corrected chi connectivity index (χ4v) is 11.1. The lowest BCUT2D eigenvalue weighted by atomic mass is 9.44. The van der Waals surface area contributed by atoms with Gasteiger partial charge < -0.3 is 54.4 Å². The summed E-state index contributed by atoms with van der Waals surface area (Å²) in [5.74, 6) is -8.33. The van der Waals surface area contributed by atoms with Gasteiger partial charge in [0.2, 0.25) is 0 Å². The third-order valence-electron chi connectivity index (χ3n) is 14.8. The number of esters is 4. The molecule has 0 unspecified atom stereocenters. The Morgan fingerprint density at radius 3 is 1.99 bits per heavy atom. The Hall–Kier alpha value is -6.96. The lowest BCUT2D eigenvalue weighted by Crippen LogP contribution is -2.82. The summed E-state index contributed by atoms with van der Waals surface area (Å²) in [4.78, 5) is 110. The van der Waals surface area contributed by atoms with Gasteiger partial charge in [-0.2, -0.15) is 0 Å². The number of benzene rings is 3. The molecule has 384 valence electrons. The number of fused-ring (bicyclic) bond motifs is 5. The van der Waals surface area contributed by atoms with Crippen molar-refractivity contribution in [3.05, 3.63) is 119 Å². The van der Waals surface area contributed by atoms with Gasteiger partial charge in [0.25, 0.3) is 5.91 Å². The number of nitrogens with one attached hydrogen (secondary N) is 2. The van der Waals surface area contributed by atoms with Gasteiger partial charge in [-0.25, -0.2) is 14.4 Å². The van der Waals surface area contributed by atoms with Crippen LogP contribution in [0.15, 0.2) is 102 Å². The molecule has 3 aromatic carbocycles. The van der Waals surface area contributed by atoms with Crippen molar-refractivity contribution in [2.45, 2.75) is 128 Å². The number of amides is 2. The van der Waals surface area contributed by atoms with Crippen molar-refractivity contribution in [1.29, 1.82) is 0 Å². The van der Waals surface area contributed by atoms with E-state index in [9.17, 15) is 43.8 Å². The average molecular weight is 997 g/mol. The maximum absolute atomic E-state index is 16.1. The quantitative estimate of drug-likeness (QED) is 0.0562. The largest absolute Gasteiger partial charge is 0.481 e. The van der Waals surface area contributed by atoms with Crippen molar-refractivity contribution in [2.24, 2.45) is 16.7 Å². The standard InChI is InChI=1S/C53H60N2O17/c1-29-35(69-48(64)41(60)40(32-18-10-7-11-19-32)55-46(62)33-20-12-8-13-21-33)27-53(66)45(71-47(63)34-22-14-9-15-23-34)43-51(6,44(61)42(68-30(2)56)39(29)50(53,4)5)36(26-37-52(43,28-67-37)72-31(3)57)70-49(65)54-25-17-16-24-38(58)59/h7-15,18-23,35-37,40-43,45,60,66H,16-17,24-28H2,1-6H3,(H,54,65)(H,55,62)(H,58,59)/t35-,36-,37+,40-,41+,42+,43-,45-,51+,52-,53+/m0/s1. The number of carbonyl (C=O) groups is 8. The number of aliphatic hydroxyl groups excluding tert-OH is 1. The Labute approximate surface area is 415 Å². The minimum atomic E-state index is -2.50. The second-order valence-corrected chi connectivity index (χ2v) is 19.5. The molecule has 5 N–H and O–H groups in total. The Morgan fingerprint density at radius 1 is 0.806 bits per heavy atom. The number of hydrogen-bond donors (Lipinski definition) is 5. The van der Waals surface area contributed by atoms with E-state index >= 15 is 4.79 Å². The van der Waals surface area contributed by atoms with Crippen LogP contribution in [0, 0.1) is 16.7 Å². The second kappa shape index (κ2) is 21.0. The summed E-state index contributed by atoms with van der Waals surface area (Å²) in [6, 6.07) is 22.6. The molecule has 1 aliphatic heterocycles. The molecule has 72 heavy (non-hydrogen) atoms. The third kappa shape index (κ3) is 9.97. The second-order valence-electron chi connectivity index (χ2n) is 19.5. The van der Waals surface area contributed by atoms with E-state index < -0.39 is 131 Å². The predicted molar refractivity (Wildman–Crippen MR) is 251 cm³/mol. The van der Waals surface area contributed by atoms with Crippen molar-refractivity contribution >= 4 is 47.6 Å². The van der Waals surface area contributed by atoms with Gasteiger partial charge in [-0.3, -0.25) is 24.0 Å². The highest BCUT2D eigenvalue weighted by Crippen LogP contribution is 2.65. The van der Waals surface area contributed by atoms with Crippen LogP contribution < -0.4 is 10.6 Å². The molecule has 2 saturated carbocycles. The first-order valence-electron chi connectivity index (χ1n) is 23.7. The van der Waals surface area contributed by atoms with Gasteiger partial charge in [0, 0.05) is 50.6 Å². The number of hydrogen-bond acceptors (Lipinski definition) is 16. The highest BCUT2D eigenvalue weighted by atomic mass is 16.6. The van der Waals surface area contributed by atoms with Crippen LogP contribution in [-0.4, -0.2) is 124 Å². The molecule has 4 aliphatic rings. The average Bonchev–Trinajstić information content (AvgIpc) is 3.33. The number of alkyl carbamates (subject to hydrolysis) is 1. The third-order valence-corrected chi connectivity index (χ3v) is 14.8. The lowest BCUT2D eigenvalue weighted by Gasteiger charge is -2.67. The number of rotatable bonds is 16. The van der Waals surface area contributed by atoms with Crippen LogP contribution >= 0.6 is 0 Å². The molecular weight excluding hydrogens is 937 g/mol. The van der Waals surface area contributed by atoms with E-state index in [4.69, 9.17) is 33.5 Å². The molecule has 0 spiro atoms. The molecule has 1 heterocycles. The molecule has 19 nitrogen and oxygen atoms in total. The van der Waals surface area contributed by atoms with Gasteiger partial charge in [-0.05, 0) is 67.7 Å². The van der Waals surface area contributed by atoms with Crippen LogP contribution in [0.3, 0.4) is 0 Å². The number of ether oxygens (including phenoxy) is 6. The Balaban J connectivity index is 1.39. The summed E-state index contributed by atoms with van der Waals surface area (Å²) in [5.41, 5.74) is -7.75. The minimum absolute atomic E-state index is 0.0129. The van der Waals surface area contributed by atoms with Gasteiger partial charge in [-0.1, -0.05) is 80.6 Å². The summed E-state index contributed by atoms with van der Waals surface area (Å²) in [6.07, 6.45) is -11.8. The van der Waals surface area contributed by atoms with E-state index in [1.807, 2.05) is 0 Å². The zero-order valence-electron chi connectivity index (χ0n) is 40.8. The van der Waals surface area contributed by atoms with Gasteiger partial charge in [0.15, 0.2) is 23.6 Å². The van der Waals surface area contributed by atoms with E-state index in [-0.39, 0.29) is 54.5 Å². The van der Waals surface area contributed by atoms with Crippen LogP contribution in [0.25, 0.3) is 0 Å². The topological polar surface area (TPSA) is 277 Å². The molecule has 1 saturated heterocycles. The lowest BCUT2D eigenvalue weighted by molar-refractivity contribution is -0.345. The molecule has 7 rings (SSSR count). The van der Waals surface area contributed by atoms with E-state index in [2.05, 4.69) is 10.6 Å². The van der Waals surface area contributed by atoms with Crippen molar-refractivity contribution < 1.29 is 82.1 Å². The van der Waals surface area contributed by atoms with Crippen LogP contribution in [0.4, 0.5) is 4.79 Å². The normalized spacial score (nSPS) is 28.9. The first-order valence-corrected chi connectivity index (χ1v) is 23.7. The number of aliphatic carboxylic acids is 1. The van der Waals surface area contributed by atoms with E-state index in [0.29, 0.717) is 5.56 Å². The number of carboxylic acid groups (broad SMARTS) is 1. The summed E-state index contributed by atoms with van der Waals surface area (Å²) in [5, 5.41) is 40.3. The van der Waals surface area contributed by atoms with Gasteiger partial charge in [0.05, 0.1) is 29.5 Å². The number of ketones is 1. The van der Waals surface area contributed by atoms with Crippen LogP contribution in [0.5, 0.6) is 0 Å². The molecule has 0 radical (unpaired) electrons. The van der Waals surface area contributed by atoms with Crippen molar-refractivity contribution in [3.8, 4) is 0 Å². The first-order chi connectivity index (χ1) is 34.1. The smallest absolute Gasteiger partial charge is 0.407 e. The predicted octanol–water partition coefficient (Wildman–Crippen LogP) is 4.72. The number of carboxylic acids is 1. The van der Waals surface area contributed by atoms with Crippen molar-refractivity contribution in [2.75, 3.05) is 13.2 Å². The highest BCUT2D eigenvalue weighted by Gasteiger charge is 2.79. The maximum atomic E-state index is 16.1. The van der Waals surface area contributed by atoms with Gasteiger partial charge >= 0.3 is 35.9 Å². The SMILES string of the molecule is CC(=O)O[C@H]1C(=O)[C@]2(C)[C@@H](OC(=O)NCCCCC(=O)O)C[C@H]3OC[C@@]3(OC(C)=O)[C@H]2[C@H](OC(=O)c2ccccc2)[C@]2(O)C[C@H](OC(=O)[C@H](O)[C@@H](NC(=O)c3ccccc3)c3ccccc3)C(C)=C1C2(C)C. The fraction of sp³-hybridized carbons (Fsp3) is 0.472. The summed E-state index contributed by atoms with van der Waals surface area (Å²) < 4.78 is 37.0. The van der Waals surface area contributed by atoms with Crippen molar-refractivity contribution in [3.63, 3.8) is 0 Å². The monoisotopic (exact) mass is 996 g/mol. The maximum Gasteiger partial charge on any atom is 0.407 e. The van der Waals surface area contributed by atoms with Crippen LogP contribution in [-0.2, 0) is 52.4 Å². The molecule has 0 aromatic heterocycles. The van der Waals surface area contributed by atoms with E-state index in [1.165, 1.54) is 39.8 Å². The zero-order valence-corrected chi connectivity index (χ0v) is 40.8. The van der Waals surface area contributed by atoms with Crippen LogP contribution in [0.2, 0.25) is 0 Å². The molecule has 3 fully saturated rings. The summed E-state index contributed by atoms with van der Waals surface area (Å²) in [6.45, 7) is 7.70. The molecule has 11 atom stereocenters. The van der Waals surface area contributed by atoms with Gasteiger partial charge in [0.1, 0.15) is 30.0 Å². The minimum Gasteiger partial charge on any atom is -0.481 e. The molecule has 19 heteroatoms. The highest BCUT2D eigenvalue weighted by molar-refractivity contribution is 5.96. The molecule has 3 aromatic rings. The van der Waals surface area contributed by atoms with Gasteiger partial charge in [-0.15, -0.1) is 0 Å². The molecule has 3 aliphatic carbocycles. The Morgan fingerprint density at radius 2 is 1.42 bits per heavy atom.